The monoisotopic (exact) mass is 1450 g/mol. The second-order valence-electron chi connectivity index (χ2n) is 30.2. The lowest BCUT2D eigenvalue weighted by atomic mass is 9.99. The molecular formula is C80H156O17P2. The number of aliphatic hydroxyl groups is 1. The van der Waals surface area contributed by atoms with Crippen molar-refractivity contribution < 1.29 is 80.2 Å². The number of esters is 4. The van der Waals surface area contributed by atoms with Crippen LogP contribution < -0.4 is 0 Å². The standard InChI is InChI=1S/C80H156O17P2/c1-9-72(7)58-50-42-34-28-24-25-29-35-44-52-60-77(82)90-66-75(96-79(84)62-54-46-36-30-22-18-16-14-12-11-13-15-17-20-26-32-40-48-56-70(3)4)68-94-98(86,87)92-64-74(81)65-93-99(88,89)95-69-76(67-91-78(83)61-53-45-39-38-43-51-59-73(8)10-2)97-80(85)63-55-47-37-31-23-19-21-27-33-41-49-57-71(5)6/h70-76,81H,9-69H2,1-8H3,(H,86,87)(H,88,89)/t72?,73?,74-,75-,76-/m1/s1. The quantitative estimate of drug-likeness (QED) is 0.0222. The van der Waals surface area contributed by atoms with Gasteiger partial charge in [-0.05, 0) is 49.4 Å². The molecule has 7 atom stereocenters. The summed E-state index contributed by atoms with van der Waals surface area (Å²) in [7, 11) is -9.92. The Morgan fingerprint density at radius 1 is 0.283 bits per heavy atom. The highest BCUT2D eigenvalue weighted by atomic mass is 31.2. The van der Waals surface area contributed by atoms with Gasteiger partial charge in [0, 0.05) is 25.7 Å². The first-order valence-corrected chi connectivity index (χ1v) is 44.3. The van der Waals surface area contributed by atoms with Gasteiger partial charge in [-0.25, -0.2) is 9.13 Å². The van der Waals surface area contributed by atoms with E-state index in [1.807, 2.05) is 0 Å². The molecule has 0 radical (unpaired) electrons. The average molecular weight is 1450 g/mol. The molecule has 0 amide bonds. The van der Waals surface area contributed by atoms with Crippen LogP contribution in [-0.4, -0.2) is 96.7 Å². The number of ether oxygens (including phenoxy) is 4. The molecule has 99 heavy (non-hydrogen) atoms. The van der Waals surface area contributed by atoms with E-state index in [2.05, 4.69) is 55.4 Å². The first kappa shape index (κ1) is 97.1. The van der Waals surface area contributed by atoms with Crippen molar-refractivity contribution in [1.29, 1.82) is 0 Å². The largest absolute Gasteiger partial charge is 0.472 e. The molecule has 17 nitrogen and oxygen atoms in total. The number of phosphoric ester groups is 2. The van der Waals surface area contributed by atoms with E-state index in [0.717, 1.165) is 120 Å². The van der Waals surface area contributed by atoms with Gasteiger partial charge in [0.2, 0.25) is 0 Å². The van der Waals surface area contributed by atoms with Crippen LogP contribution in [0.25, 0.3) is 0 Å². The van der Waals surface area contributed by atoms with Gasteiger partial charge in [0.15, 0.2) is 12.2 Å². The lowest BCUT2D eigenvalue weighted by molar-refractivity contribution is -0.161. The van der Waals surface area contributed by atoms with Crippen molar-refractivity contribution >= 4 is 39.5 Å². The Morgan fingerprint density at radius 3 is 0.717 bits per heavy atom. The SMILES string of the molecule is CCC(C)CCCCCCCCCCCCC(=O)OC[C@H](COP(=O)(O)OC[C@@H](O)COP(=O)(O)OC[C@@H](COC(=O)CCCCCCCCC(C)CC)OC(=O)CCCCCCCCCCCCCC(C)C)OC(=O)CCCCCCCCCCCCCCCCCCCCC(C)C. The molecule has 588 valence electrons. The fraction of sp³-hybridized carbons (Fsp3) is 0.950. The summed E-state index contributed by atoms with van der Waals surface area (Å²) in [6, 6.07) is 0. The van der Waals surface area contributed by atoms with Crippen molar-refractivity contribution in [2.45, 2.75) is 427 Å². The van der Waals surface area contributed by atoms with E-state index in [0.29, 0.717) is 25.7 Å². The summed E-state index contributed by atoms with van der Waals surface area (Å²) < 4.78 is 68.7. The molecular weight excluding hydrogens is 1290 g/mol. The maximum Gasteiger partial charge on any atom is 0.472 e. The molecule has 0 saturated carbocycles. The van der Waals surface area contributed by atoms with E-state index in [1.165, 1.54) is 205 Å². The van der Waals surface area contributed by atoms with Crippen LogP contribution in [0.3, 0.4) is 0 Å². The summed E-state index contributed by atoms with van der Waals surface area (Å²) in [5.41, 5.74) is 0. The highest BCUT2D eigenvalue weighted by molar-refractivity contribution is 7.47. The predicted octanol–water partition coefficient (Wildman–Crippen LogP) is 23.6. The topological polar surface area (TPSA) is 237 Å². The van der Waals surface area contributed by atoms with Gasteiger partial charge in [0.1, 0.15) is 19.3 Å². The van der Waals surface area contributed by atoms with Crippen LogP contribution in [0, 0.1) is 23.7 Å². The molecule has 0 aliphatic rings. The second-order valence-corrected chi connectivity index (χ2v) is 33.1. The van der Waals surface area contributed by atoms with Crippen LogP contribution in [-0.2, 0) is 65.4 Å². The van der Waals surface area contributed by atoms with E-state index in [1.54, 1.807) is 0 Å². The van der Waals surface area contributed by atoms with Crippen LogP contribution in [0.2, 0.25) is 0 Å². The van der Waals surface area contributed by atoms with Crippen molar-refractivity contribution in [2.75, 3.05) is 39.6 Å². The Balaban J connectivity index is 5.23. The highest BCUT2D eigenvalue weighted by Gasteiger charge is 2.30. The van der Waals surface area contributed by atoms with Gasteiger partial charge < -0.3 is 33.8 Å². The van der Waals surface area contributed by atoms with E-state index in [9.17, 15) is 43.2 Å². The first-order chi connectivity index (χ1) is 47.7. The van der Waals surface area contributed by atoms with E-state index in [4.69, 9.17) is 37.0 Å². The van der Waals surface area contributed by atoms with Crippen LogP contribution in [0.1, 0.15) is 409 Å². The molecule has 19 heteroatoms. The molecule has 0 aliphatic carbocycles. The third-order valence-corrected chi connectivity index (χ3v) is 21.2. The van der Waals surface area contributed by atoms with Gasteiger partial charge in [-0.15, -0.1) is 0 Å². The number of hydrogen-bond donors (Lipinski definition) is 3. The van der Waals surface area contributed by atoms with Crippen LogP contribution >= 0.6 is 15.6 Å². The van der Waals surface area contributed by atoms with Crippen molar-refractivity contribution in [3.8, 4) is 0 Å². The maximum atomic E-state index is 13.1. The molecule has 0 aromatic rings. The minimum absolute atomic E-state index is 0.105. The van der Waals surface area contributed by atoms with Gasteiger partial charge in [-0.2, -0.15) is 0 Å². The predicted molar refractivity (Wildman–Crippen MR) is 404 cm³/mol. The molecule has 0 rings (SSSR count). The molecule has 3 N–H and O–H groups in total. The van der Waals surface area contributed by atoms with E-state index in [-0.39, 0.29) is 25.7 Å². The van der Waals surface area contributed by atoms with Gasteiger partial charge in [0.05, 0.1) is 26.4 Å². The summed E-state index contributed by atoms with van der Waals surface area (Å²) >= 11 is 0. The minimum atomic E-state index is -4.96. The Morgan fingerprint density at radius 2 is 0.485 bits per heavy atom. The van der Waals surface area contributed by atoms with E-state index < -0.39 is 97.5 Å². The molecule has 0 aromatic carbocycles. The zero-order valence-electron chi connectivity index (χ0n) is 65.1. The number of rotatable bonds is 77. The number of aliphatic hydroxyl groups excluding tert-OH is 1. The summed E-state index contributed by atoms with van der Waals surface area (Å²) in [6.07, 6.45) is 55.5. The first-order valence-electron chi connectivity index (χ1n) is 41.3. The van der Waals surface area contributed by atoms with E-state index >= 15 is 0 Å². The molecule has 0 spiro atoms. The molecule has 0 aromatic heterocycles. The Labute approximate surface area is 607 Å². The smallest absolute Gasteiger partial charge is 0.462 e. The molecule has 0 aliphatic heterocycles. The fourth-order valence-electron chi connectivity index (χ4n) is 12.2. The molecule has 0 fully saturated rings. The Hall–Kier alpha value is -1.94. The average Bonchev–Trinajstić information content (AvgIpc) is 1.05. The van der Waals surface area contributed by atoms with Crippen molar-refractivity contribution in [3.63, 3.8) is 0 Å². The minimum Gasteiger partial charge on any atom is -0.462 e. The zero-order valence-corrected chi connectivity index (χ0v) is 66.9. The number of hydrogen-bond acceptors (Lipinski definition) is 15. The lowest BCUT2D eigenvalue weighted by Crippen LogP contribution is -2.30. The van der Waals surface area contributed by atoms with Gasteiger partial charge >= 0.3 is 39.5 Å². The fourth-order valence-corrected chi connectivity index (χ4v) is 13.8. The number of unbranched alkanes of at least 4 members (excludes halogenated alkanes) is 41. The van der Waals surface area contributed by atoms with Crippen LogP contribution in [0.15, 0.2) is 0 Å². The van der Waals surface area contributed by atoms with Gasteiger partial charge in [-0.1, -0.05) is 357 Å². The molecule has 0 heterocycles. The van der Waals surface area contributed by atoms with Crippen molar-refractivity contribution in [2.24, 2.45) is 23.7 Å². The summed E-state index contributed by atoms with van der Waals surface area (Å²) in [5.74, 6) is 1.01. The van der Waals surface area contributed by atoms with Crippen LogP contribution in [0.5, 0.6) is 0 Å². The summed E-state index contributed by atoms with van der Waals surface area (Å²) in [6.45, 7) is 14.3. The number of phosphoric acid groups is 2. The third kappa shape index (κ3) is 71.5. The highest BCUT2D eigenvalue weighted by Crippen LogP contribution is 2.45. The lowest BCUT2D eigenvalue weighted by Gasteiger charge is -2.21. The zero-order chi connectivity index (χ0) is 73.1. The maximum absolute atomic E-state index is 13.1. The van der Waals surface area contributed by atoms with Crippen molar-refractivity contribution in [3.05, 3.63) is 0 Å². The van der Waals surface area contributed by atoms with Crippen molar-refractivity contribution in [1.82, 2.24) is 0 Å². The molecule has 4 unspecified atom stereocenters. The summed E-state index contributed by atoms with van der Waals surface area (Å²) in [4.78, 5) is 73.0. The third-order valence-electron chi connectivity index (χ3n) is 19.3. The molecule has 0 saturated heterocycles. The molecule has 0 bridgehead atoms. The van der Waals surface area contributed by atoms with Crippen LogP contribution in [0.4, 0.5) is 0 Å². The van der Waals surface area contributed by atoms with Gasteiger partial charge in [0.25, 0.3) is 0 Å². The number of carbonyl (C=O) groups excluding carboxylic acids is 4. The normalized spacial score (nSPS) is 14.6. The van der Waals surface area contributed by atoms with Gasteiger partial charge in [-0.3, -0.25) is 37.3 Å². The Bertz CT molecular complexity index is 1940. The number of carbonyl (C=O) groups is 4. The summed E-state index contributed by atoms with van der Waals surface area (Å²) in [5, 5.41) is 10.6. The second kappa shape index (κ2) is 69.1. The Kier molecular flexibility index (Phi) is 67.8.